The number of nitrogens with one attached hydrogen (secondary N) is 8. The SMILES string of the molecule is CC(=O)NC1C(OC2c3ccc(c(Cl)c3)Oc3cc4cc(c3OC3OC(CO)C(O)C(O)C3NC(=O)CCCCCCCC(C)C)Oc3ccc(cc3Cl)CC3NC(=O)C(N)c5cccc(O)c5Oc5cc(O)cc(c5)C(NC3=O)C(=O)NC4C(=O)NC3C(=O)NC2C(=O)NC(C(=O)O)c2cc(O)cc(OC4OC(CO)C(O)C(O)C4O)c2-c2cc3ccc2O)OC(CO)C(O)C1O. The van der Waals surface area contributed by atoms with Crippen LogP contribution in [0.5, 0.6) is 69.0 Å². The van der Waals surface area contributed by atoms with E-state index >= 15 is 24.0 Å². The second-order valence-electron chi connectivity index (χ2n) is 33.5. The molecule has 9 aliphatic rings. The van der Waals surface area contributed by atoms with Crippen LogP contribution >= 0.6 is 23.2 Å². The average molecular weight is 1890 g/mol. The standard InChI is InChI=1S/C89H99Cl2N9O33/c1-34(2)10-7-5-4-6-8-13-60(109)95-68-74(114)71(111)58(32-102)130-88(68)133-79-55-26-40-27-56(79)127-53-19-16-38(25-48(53)91)77(132-87-67(93-35(3)104)73(113)70(110)57(31-101)129-87)69-85(122)99-66(86(123)124)46-29-42(106)30-54(128-89-76(116)75(115)72(112)59(33-103)131-89)61(46)45-24-37(15-17-50(45)107)63(82(119)100-69)97-84(121)65(40)98-83(120)64-39-22-41(105)28-43(23-39)125-78-44(11-9-12-51(78)108)62(92)81(118)94-49(80(117)96-64)21-36-14-18-52(126-55)47(90)20-36/h9,11-12,14-20,22-30,34,49,57-59,62-77,87-89,101-103,105-108,110-116H,4-8,10,13,21,31-33,92H2,1-3H3,(H,93,104)(H,94,118)(H,95,109)(H,96,117)(H,97,121)(H,98,120)(H,99,122)(H,100,119)(H,123,124). The molecular weight excluding hydrogens is 1790 g/mol. The lowest BCUT2D eigenvalue weighted by Gasteiger charge is -2.44. The number of hydrogen-bond donors (Lipinski definition) is 24. The fourth-order valence-corrected chi connectivity index (χ4v) is 17.2. The number of carboxylic acids is 1. The van der Waals surface area contributed by atoms with Gasteiger partial charge < -0.3 is 167 Å². The first-order valence-corrected chi connectivity index (χ1v) is 43.2. The molecule has 42 nitrogen and oxygen atoms in total. The predicted molar refractivity (Wildman–Crippen MR) is 458 cm³/mol. The number of carbonyl (C=O) groups excluding carboxylic acids is 8. The molecule has 23 unspecified atom stereocenters. The number of ether oxygens (including phenoxy) is 9. The number of para-hydroxylation sites is 1. The number of amides is 8. The summed E-state index contributed by atoms with van der Waals surface area (Å²) >= 11 is 14.7. The van der Waals surface area contributed by atoms with E-state index in [-0.39, 0.29) is 28.3 Å². The summed E-state index contributed by atoms with van der Waals surface area (Å²) in [6.07, 6.45) is -24.9. The summed E-state index contributed by atoms with van der Waals surface area (Å²) in [5, 5.41) is 191. The van der Waals surface area contributed by atoms with Crippen molar-refractivity contribution >= 4 is 76.4 Å². The van der Waals surface area contributed by atoms with E-state index < -0.39 is 327 Å². The molecule has 3 fully saturated rings. The molecule has 133 heavy (non-hydrogen) atoms. The van der Waals surface area contributed by atoms with Crippen LogP contribution in [0.3, 0.4) is 0 Å². The van der Waals surface area contributed by atoms with Gasteiger partial charge in [0, 0.05) is 54.2 Å². The number of carbonyl (C=O) groups is 9. The average Bonchev–Trinajstić information content (AvgIpc) is 0.815. The van der Waals surface area contributed by atoms with E-state index in [4.69, 9.17) is 71.6 Å². The van der Waals surface area contributed by atoms with Crippen molar-refractivity contribution < 1.29 is 162 Å². The van der Waals surface area contributed by atoms with Crippen molar-refractivity contribution in [3.63, 3.8) is 0 Å². The van der Waals surface area contributed by atoms with Gasteiger partial charge in [0.1, 0.15) is 156 Å². The van der Waals surface area contributed by atoms with Crippen molar-refractivity contribution in [3.8, 4) is 80.1 Å². The summed E-state index contributed by atoms with van der Waals surface area (Å²) in [5.41, 5.74) is 2.64. The van der Waals surface area contributed by atoms with Crippen LogP contribution in [0.2, 0.25) is 10.0 Å². The molecule has 25 N–H and O–H groups in total. The summed E-state index contributed by atoms with van der Waals surface area (Å²) in [6, 6.07) is 0.702. The Bertz CT molecular complexity index is 5580. The highest BCUT2D eigenvalue weighted by Crippen LogP contribution is 2.51. The minimum atomic E-state index is -2.59. The molecule has 9 aliphatic heterocycles. The Morgan fingerprint density at radius 2 is 1.08 bits per heavy atom. The van der Waals surface area contributed by atoms with Gasteiger partial charge in [0.25, 0.3) is 0 Å². The normalized spacial score (nSPS) is 28.8. The maximum Gasteiger partial charge on any atom is 0.330 e. The molecule has 7 aromatic carbocycles. The second kappa shape index (κ2) is 41.2. The highest BCUT2D eigenvalue weighted by molar-refractivity contribution is 6.32. The van der Waals surface area contributed by atoms with Crippen LogP contribution in [-0.2, 0) is 68.5 Å². The number of aliphatic hydroxyl groups is 10. The zero-order valence-corrected chi connectivity index (χ0v) is 72.5. The van der Waals surface area contributed by atoms with Crippen LogP contribution in [0.4, 0.5) is 0 Å². The molecule has 7 aromatic rings. The topological polar surface area (TPSA) is 662 Å². The number of aromatic hydroxyl groups is 4. The minimum absolute atomic E-state index is 0.141. The number of phenolic OH excluding ortho intramolecular Hbond substituents is 4. The number of aliphatic carboxylic acids is 1. The van der Waals surface area contributed by atoms with E-state index in [1.54, 1.807) is 0 Å². The lowest BCUT2D eigenvalue weighted by Crippen LogP contribution is -2.65. The number of hydrogen-bond acceptors (Lipinski definition) is 33. The predicted octanol–water partition coefficient (Wildman–Crippen LogP) is 1.41. The van der Waals surface area contributed by atoms with Gasteiger partial charge >= 0.3 is 5.97 Å². The van der Waals surface area contributed by atoms with Gasteiger partial charge in [0.15, 0.2) is 35.3 Å². The molecule has 15 bridgehead atoms. The number of phenols is 4. The van der Waals surface area contributed by atoms with E-state index in [1.165, 1.54) is 36.4 Å². The van der Waals surface area contributed by atoms with E-state index in [0.717, 1.165) is 111 Å². The van der Waals surface area contributed by atoms with Crippen LogP contribution in [0.25, 0.3) is 11.1 Å². The Balaban J connectivity index is 1.03. The number of benzene rings is 7. The Morgan fingerprint density at radius 3 is 1.71 bits per heavy atom. The molecule has 9 heterocycles. The monoisotopic (exact) mass is 1890 g/mol. The van der Waals surface area contributed by atoms with Gasteiger partial charge in [-0.25, -0.2) is 4.79 Å². The summed E-state index contributed by atoms with van der Waals surface area (Å²) in [7, 11) is 0. The van der Waals surface area contributed by atoms with Gasteiger partial charge in [0.2, 0.25) is 65.6 Å². The third-order valence-corrected chi connectivity index (χ3v) is 24.2. The van der Waals surface area contributed by atoms with Crippen molar-refractivity contribution in [2.75, 3.05) is 19.8 Å². The number of halogens is 2. The van der Waals surface area contributed by atoms with Crippen molar-refractivity contribution in [1.29, 1.82) is 0 Å². The highest BCUT2D eigenvalue weighted by atomic mass is 35.5. The smallest absolute Gasteiger partial charge is 0.330 e. The Kier molecular flexibility index (Phi) is 30.0. The molecule has 8 amide bonds. The second-order valence-corrected chi connectivity index (χ2v) is 34.3. The Labute approximate surface area is 766 Å². The number of nitrogens with two attached hydrogens (primary N) is 1. The van der Waals surface area contributed by atoms with Crippen molar-refractivity contribution in [2.24, 2.45) is 11.7 Å². The number of aliphatic hydroxyl groups excluding tert-OH is 10. The molecule has 0 radical (unpaired) electrons. The van der Waals surface area contributed by atoms with Crippen LogP contribution in [0.15, 0.2) is 115 Å². The molecule has 0 aromatic heterocycles. The Morgan fingerprint density at radius 1 is 0.511 bits per heavy atom. The molecule has 23 atom stereocenters. The third-order valence-electron chi connectivity index (χ3n) is 23.6. The van der Waals surface area contributed by atoms with E-state index in [1.807, 2.05) is 0 Å². The third kappa shape index (κ3) is 21.1. The summed E-state index contributed by atoms with van der Waals surface area (Å²) in [5.74, 6) is -19.4. The van der Waals surface area contributed by atoms with Crippen molar-refractivity contribution in [2.45, 2.75) is 213 Å². The van der Waals surface area contributed by atoms with Crippen molar-refractivity contribution in [3.05, 3.63) is 164 Å². The zero-order valence-electron chi connectivity index (χ0n) is 71.0. The van der Waals surface area contributed by atoms with E-state index in [9.17, 15) is 95.8 Å². The van der Waals surface area contributed by atoms with E-state index in [2.05, 4.69) is 56.4 Å². The maximum absolute atomic E-state index is 17.0. The fraction of sp³-hybridized carbons (Fsp3) is 0.427. The van der Waals surface area contributed by atoms with Gasteiger partial charge in [-0.3, -0.25) is 38.4 Å². The molecule has 0 aliphatic carbocycles. The van der Waals surface area contributed by atoms with Gasteiger partial charge in [0.05, 0.1) is 29.9 Å². The molecule has 44 heteroatoms. The largest absolute Gasteiger partial charge is 0.508 e. The first kappa shape index (κ1) is 97.0. The fourth-order valence-electron chi connectivity index (χ4n) is 16.7. The van der Waals surface area contributed by atoms with Crippen LogP contribution in [0.1, 0.15) is 141 Å². The number of unbranched alkanes of at least 4 members (excludes halogenated alkanes) is 4. The molecule has 16 rings (SSSR count). The first-order valence-electron chi connectivity index (χ1n) is 42.5. The van der Waals surface area contributed by atoms with Crippen LogP contribution < -0.4 is 72.0 Å². The van der Waals surface area contributed by atoms with Gasteiger partial charge in [-0.2, -0.15) is 0 Å². The summed E-state index contributed by atoms with van der Waals surface area (Å²) < 4.78 is 57.6. The quantitative estimate of drug-likeness (QED) is 0.0480. The Hall–Kier alpha value is -12.0. The lowest BCUT2D eigenvalue weighted by atomic mass is 9.89. The summed E-state index contributed by atoms with van der Waals surface area (Å²) in [4.78, 5) is 139. The van der Waals surface area contributed by atoms with Crippen LogP contribution in [-0.4, -0.2) is 254 Å². The number of rotatable bonds is 20. The number of fused-ring (bicyclic) bond motifs is 13. The molecule has 712 valence electrons. The highest BCUT2D eigenvalue weighted by Gasteiger charge is 2.52. The molecular formula is C89H99Cl2N9O33. The van der Waals surface area contributed by atoms with Gasteiger partial charge in [-0.15, -0.1) is 0 Å². The van der Waals surface area contributed by atoms with Crippen LogP contribution in [0, 0.1) is 5.92 Å². The first-order chi connectivity index (χ1) is 63.4. The lowest BCUT2D eigenvalue weighted by molar-refractivity contribution is -0.284. The number of carboxylic acid groups (broad SMARTS) is 1. The molecule has 3 saturated heterocycles. The molecule has 0 spiro atoms. The van der Waals surface area contributed by atoms with E-state index in [0.29, 0.717) is 18.8 Å². The summed E-state index contributed by atoms with van der Waals surface area (Å²) in [6.45, 7) is 2.03. The zero-order chi connectivity index (χ0) is 95.6. The van der Waals surface area contributed by atoms with Crippen molar-refractivity contribution in [1.82, 2.24) is 42.5 Å². The molecule has 0 saturated carbocycles. The maximum atomic E-state index is 17.0. The van der Waals surface area contributed by atoms with Gasteiger partial charge in [-0.1, -0.05) is 99.5 Å². The minimum Gasteiger partial charge on any atom is -0.508 e. The van der Waals surface area contributed by atoms with Gasteiger partial charge in [-0.05, 0) is 113 Å².